The lowest BCUT2D eigenvalue weighted by Crippen LogP contribution is -2.58. The summed E-state index contributed by atoms with van der Waals surface area (Å²) in [5, 5.41) is 0. The molecule has 21 heavy (non-hydrogen) atoms. The fourth-order valence-electron chi connectivity index (χ4n) is 4.67. The van der Waals surface area contributed by atoms with Gasteiger partial charge in [-0.05, 0) is 58.0 Å². The Labute approximate surface area is 128 Å². The Bertz CT molecular complexity index is 373. The molecular weight excluding hydrogens is 264 g/mol. The molecule has 3 aliphatic rings. The van der Waals surface area contributed by atoms with Crippen molar-refractivity contribution in [3.05, 3.63) is 0 Å². The Hall–Kier alpha value is -0.610. The normalized spacial score (nSPS) is 37.2. The number of likely N-dealkylation sites (N-methyl/N-ethyl adjacent to an activating group) is 1. The van der Waals surface area contributed by atoms with Gasteiger partial charge >= 0.3 is 0 Å². The highest BCUT2D eigenvalue weighted by Gasteiger charge is 2.47. The molecule has 120 valence electrons. The molecule has 2 saturated heterocycles. The molecule has 2 heterocycles. The van der Waals surface area contributed by atoms with E-state index in [4.69, 9.17) is 4.74 Å². The van der Waals surface area contributed by atoms with Crippen molar-refractivity contribution in [2.45, 2.75) is 76.0 Å². The van der Waals surface area contributed by atoms with E-state index in [1.54, 1.807) is 0 Å². The maximum atomic E-state index is 12.2. The number of hydrogen-bond donors (Lipinski definition) is 0. The largest absolute Gasteiger partial charge is 0.375 e. The van der Waals surface area contributed by atoms with Crippen LogP contribution in [0, 0.1) is 0 Å². The number of nitrogens with zero attached hydrogens (tertiary/aromatic N) is 2. The van der Waals surface area contributed by atoms with E-state index < -0.39 is 0 Å². The van der Waals surface area contributed by atoms with Gasteiger partial charge in [-0.25, -0.2) is 0 Å². The van der Waals surface area contributed by atoms with Gasteiger partial charge < -0.3 is 9.64 Å². The summed E-state index contributed by atoms with van der Waals surface area (Å²) in [5.41, 5.74) is 0.125. The van der Waals surface area contributed by atoms with Crippen LogP contribution >= 0.6 is 0 Å². The van der Waals surface area contributed by atoms with E-state index >= 15 is 0 Å². The standard InChI is InChI=1S/C17H30N2O2/c1-3-16(20)18(2)14-7-9-17(8-6-12-21-17)13-15(14)19-10-4-5-11-19/h14-15H,3-13H2,1-2H3/t14?,15-,17-/m0/s1. The van der Waals surface area contributed by atoms with Crippen LogP contribution in [0.3, 0.4) is 0 Å². The van der Waals surface area contributed by atoms with E-state index in [9.17, 15) is 4.79 Å². The number of rotatable bonds is 3. The summed E-state index contributed by atoms with van der Waals surface area (Å²) in [7, 11) is 2.01. The van der Waals surface area contributed by atoms with Crippen LogP contribution in [0.1, 0.15) is 58.3 Å². The lowest BCUT2D eigenvalue weighted by Gasteiger charge is -2.48. The molecule has 4 heteroatoms. The Morgan fingerprint density at radius 3 is 2.67 bits per heavy atom. The van der Waals surface area contributed by atoms with E-state index in [1.807, 2.05) is 18.9 Å². The average molecular weight is 294 g/mol. The van der Waals surface area contributed by atoms with E-state index in [0.29, 0.717) is 18.5 Å². The third-order valence-corrected chi connectivity index (χ3v) is 5.91. The summed E-state index contributed by atoms with van der Waals surface area (Å²) in [6.45, 7) is 5.30. The molecule has 4 nitrogen and oxygen atoms in total. The highest BCUT2D eigenvalue weighted by molar-refractivity contribution is 5.76. The van der Waals surface area contributed by atoms with Crippen LogP contribution < -0.4 is 0 Å². The molecule has 3 rings (SSSR count). The van der Waals surface area contributed by atoms with Crippen LogP contribution in [-0.2, 0) is 9.53 Å². The Kier molecular flexibility index (Phi) is 4.55. The lowest BCUT2D eigenvalue weighted by molar-refractivity contribution is -0.137. The number of hydrogen-bond acceptors (Lipinski definition) is 3. The SMILES string of the molecule is CCC(=O)N(C)C1CC[C@@]2(CCCO2)C[C@@H]1N1CCCC1. The summed E-state index contributed by atoms with van der Waals surface area (Å²) < 4.78 is 6.16. The van der Waals surface area contributed by atoms with Gasteiger partial charge in [0, 0.05) is 32.2 Å². The first-order valence-electron chi connectivity index (χ1n) is 8.79. The molecule has 1 saturated carbocycles. The van der Waals surface area contributed by atoms with Gasteiger partial charge in [0.1, 0.15) is 0 Å². The molecule has 0 aromatic heterocycles. The number of carbonyl (C=O) groups is 1. The zero-order valence-corrected chi connectivity index (χ0v) is 13.6. The zero-order valence-electron chi connectivity index (χ0n) is 13.6. The molecule has 1 spiro atoms. The van der Waals surface area contributed by atoms with E-state index in [2.05, 4.69) is 4.90 Å². The fourth-order valence-corrected chi connectivity index (χ4v) is 4.67. The van der Waals surface area contributed by atoms with Gasteiger partial charge in [0.15, 0.2) is 0 Å². The summed E-state index contributed by atoms with van der Waals surface area (Å²) >= 11 is 0. The topological polar surface area (TPSA) is 32.8 Å². The van der Waals surface area contributed by atoms with E-state index in [0.717, 1.165) is 25.9 Å². The third-order valence-electron chi connectivity index (χ3n) is 5.91. The van der Waals surface area contributed by atoms with Crippen molar-refractivity contribution in [3.63, 3.8) is 0 Å². The van der Waals surface area contributed by atoms with Crippen LogP contribution in [0.25, 0.3) is 0 Å². The highest BCUT2D eigenvalue weighted by atomic mass is 16.5. The van der Waals surface area contributed by atoms with Gasteiger partial charge in [-0.1, -0.05) is 6.92 Å². The molecular formula is C17H30N2O2. The van der Waals surface area contributed by atoms with E-state index in [1.165, 1.54) is 38.8 Å². The van der Waals surface area contributed by atoms with Crippen molar-refractivity contribution in [1.29, 1.82) is 0 Å². The first-order chi connectivity index (χ1) is 10.2. The minimum atomic E-state index is 0.125. The van der Waals surface area contributed by atoms with Crippen LogP contribution in [0.2, 0.25) is 0 Å². The number of ether oxygens (including phenoxy) is 1. The predicted molar refractivity (Wildman–Crippen MR) is 83.2 cm³/mol. The molecule has 2 aliphatic heterocycles. The first kappa shape index (κ1) is 15.3. The second-order valence-corrected chi connectivity index (χ2v) is 7.11. The number of carbonyl (C=O) groups excluding carboxylic acids is 1. The first-order valence-corrected chi connectivity index (χ1v) is 8.79. The van der Waals surface area contributed by atoms with Crippen molar-refractivity contribution in [1.82, 2.24) is 9.80 Å². The molecule has 0 radical (unpaired) electrons. The van der Waals surface area contributed by atoms with Crippen molar-refractivity contribution >= 4 is 5.91 Å². The van der Waals surface area contributed by atoms with Gasteiger partial charge in [-0.15, -0.1) is 0 Å². The lowest BCUT2D eigenvalue weighted by atomic mass is 9.76. The molecule has 0 N–H and O–H groups in total. The maximum Gasteiger partial charge on any atom is 0.222 e. The molecule has 3 fully saturated rings. The Balaban J connectivity index is 1.76. The predicted octanol–water partition coefficient (Wildman–Crippen LogP) is 2.42. The molecule has 0 aromatic carbocycles. The smallest absolute Gasteiger partial charge is 0.222 e. The molecule has 0 aromatic rings. The minimum Gasteiger partial charge on any atom is -0.375 e. The summed E-state index contributed by atoms with van der Waals surface area (Å²) in [6.07, 6.45) is 9.01. The van der Waals surface area contributed by atoms with Crippen LogP contribution in [0.5, 0.6) is 0 Å². The van der Waals surface area contributed by atoms with Gasteiger partial charge in [0.05, 0.1) is 5.60 Å². The molecule has 3 atom stereocenters. The summed E-state index contributed by atoms with van der Waals surface area (Å²) in [5.74, 6) is 0.285. The third kappa shape index (κ3) is 2.98. The second-order valence-electron chi connectivity index (χ2n) is 7.11. The number of amides is 1. The second kappa shape index (κ2) is 6.25. The van der Waals surface area contributed by atoms with Crippen molar-refractivity contribution in [2.24, 2.45) is 0 Å². The molecule has 1 amide bonds. The number of likely N-dealkylation sites (tertiary alicyclic amines) is 1. The average Bonchev–Trinajstić information content (AvgIpc) is 3.18. The molecule has 1 aliphatic carbocycles. The highest BCUT2D eigenvalue weighted by Crippen LogP contribution is 2.42. The summed E-state index contributed by atoms with van der Waals surface area (Å²) in [4.78, 5) is 16.8. The molecule has 1 unspecified atom stereocenters. The minimum absolute atomic E-state index is 0.125. The van der Waals surface area contributed by atoms with Crippen molar-refractivity contribution in [2.75, 3.05) is 26.7 Å². The van der Waals surface area contributed by atoms with Gasteiger partial charge in [0.25, 0.3) is 0 Å². The quantitative estimate of drug-likeness (QED) is 0.801. The fraction of sp³-hybridized carbons (Fsp3) is 0.941. The van der Waals surface area contributed by atoms with Crippen molar-refractivity contribution < 1.29 is 9.53 Å². The van der Waals surface area contributed by atoms with Crippen LogP contribution in [-0.4, -0.2) is 60.1 Å². The summed E-state index contributed by atoms with van der Waals surface area (Å²) in [6, 6.07) is 0.880. The Morgan fingerprint density at radius 1 is 1.29 bits per heavy atom. The monoisotopic (exact) mass is 294 g/mol. The van der Waals surface area contributed by atoms with Crippen LogP contribution in [0.15, 0.2) is 0 Å². The Morgan fingerprint density at radius 2 is 2.05 bits per heavy atom. The van der Waals surface area contributed by atoms with Gasteiger partial charge in [0.2, 0.25) is 5.91 Å². The van der Waals surface area contributed by atoms with Crippen LogP contribution in [0.4, 0.5) is 0 Å². The zero-order chi connectivity index (χ0) is 14.9. The van der Waals surface area contributed by atoms with Gasteiger partial charge in [-0.3, -0.25) is 9.69 Å². The van der Waals surface area contributed by atoms with Gasteiger partial charge in [-0.2, -0.15) is 0 Å². The van der Waals surface area contributed by atoms with E-state index in [-0.39, 0.29) is 11.5 Å². The maximum absolute atomic E-state index is 12.2. The van der Waals surface area contributed by atoms with Crippen molar-refractivity contribution in [3.8, 4) is 0 Å². The molecule has 0 bridgehead atoms.